The summed E-state index contributed by atoms with van der Waals surface area (Å²) in [6, 6.07) is 0. The van der Waals surface area contributed by atoms with Gasteiger partial charge in [-0.1, -0.05) is 89.9 Å². The third-order valence-corrected chi connectivity index (χ3v) is 5.26. The van der Waals surface area contributed by atoms with Crippen molar-refractivity contribution < 1.29 is 14.7 Å². The SMILES string of the molecule is NCCCC(=O)CCCCCCCCCCCCCCCCCCC(=O)O. The summed E-state index contributed by atoms with van der Waals surface area (Å²) in [4.78, 5) is 21.9. The summed E-state index contributed by atoms with van der Waals surface area (Å²) in [5, 5.41) is 8.57. The van der Waals surface area contributed by atoms with Crippen molar-refractivity contribution in [1.82, 2.24) is 0 Å². The zero-order chi connectivity index (χ0) is 20.0. The molecular formula is C23H45NO3. The molecule has 0 saturated heterocycles. The molecule has 0 aliphatic rings. The maximum absolute atomic E-state index is 11.5. The van der Waals surface area contributed by atoms with Gasteiger partial charge in [-0.3, -0.25) is 9.59 Å². The molecule has 0 fully saturated rings. The van der Waals surface area contributed by atoms with E-state index in [1.807, 2.05) is 0 Å². The van der Waals surface area contributed by atoms with Crippen molar-refractivity contribution in [1.29, 1.82) is 0 Å². The molecule has 4 heteroatoms. The number of carboxylic acid groups (broad SMARTS) is 1. The van der Waals surface area contributed by atoms with E-state index < -0.39 is 5.97 Å². The number of nitrogens with two attached hydrogens (primary N) is 1. The van der Waals surface area contributed by atoms with Gasteiger partial charge in [0.1, 0.15) is 5.78 Å². The molecule has 0 aromatic heterocycles. The molecule has 160 valence electrons. The molecule has 3 N–H and O–H groups in total. The predicted molar refractivity (Wildman–Crippen MR) is 114 cm³/mol. The maximum Gasteiger partial charge on any atom is 0.303 e. The van der Waals surface area contributed by atoms with Gasteiger partial charge in [0.15, 0.2) is 0 Å². The van der Waals surface area contributed by atoms with Crippen molar-refractivity contribution in [2.75, 3.05) is 6.54 Å². The van der Waals surface area contributed by atoms with Crippen molar-refractivity contribution in [3.63, 3.8) is 0 Å². The second-order valence-corrected chi connectivity index (χ2v) is 7.98. The van der Waals surface area contributed by atoms with Crippen LogP contribution in [0.2, 0.25) is 0 Å². The van der Waals surface area contributed by atoms with Gasteiger partial charge in [-0.05, 0) is 25.8 Å². The first-order chi connectivity index (χ1) is 13.2. The Morgan fingerprint density at radius 1 is 0.481 bits per heavy atom. The monoisotopic (exact) mass is 383 g/mol. The molecule has 0 heterocycles. The Hall–Kier alpha value is -0.900. The van der Waals surface area contributed by atoms with Gasteiger partial charge in [0, 0.05) is 19.3 Å². The first-order valence-electron chi connectivity index (χ1n) is 11.6. The average Bonchev–Trinajstić information content (AvgIpc) is 2.65. The van der Waals surface area contributed by atoms with Crippen LogP contribution < -0.4 is 5.73 Å². The van der Waals surface area contributed by atoms with E-state index >= 15 is 0 Å². The number of hydrogen-bond acceptors (Lipinski definition) is 3. The number of carbonyl (C=O) groups excluding carboxylic acids is 1. The Bertz CT molecular complexity index is 345. The Morgan fingerprint density at radius 2 is 0.778 bits per heavy atom. The van der Waals surface area contributed by atoms with Crippen LogP contribution in [0.5, 0.6) is 0 Å². The molecule has 0 aromatic carbocycles. The van der Waals surface area contributed by atoms with Crippen molar-refractivity contribution in [2.24, 2.45) is 5.73 Å². The molecular weight excluding hydrogens is 338 g/mol. The summed E-state index contributed by atoms with van der Waals surface area (Å²) < 4.78 is 0. The lowest BCUT2D eigenvalue weighted by molar-refractivity contribution is -0.137. The quantitative estimate of drug-likeness (QED) is 0.212. The molecule has 0 aliphatic heterocycles. The summed E-state index contributed by atoms with van der Waals surface area (Å²) in [6.45, 7) is 0.627. The van der Waals surface area contributed by atoms with Crippen LogP contribution in [-0.4, -0.2) is 23.4 Å². The molecule has 0 aromatic rings. The average molecular weight is 384 g/mol. The van der Waals surface area contributed by atoms with Gasteiger partial charge in [0.25, 0.3) is 0 Å². The summed E-state index contributed by atoms with van der Waals surface area (Å²) >= 11 is 0. The van der Waals surface area contributed by atoms with Gasteiger partial charge in [0.05, 0.1) is 0 Å². The van der Waals surface area contributed by atoms with Gasteiger partial charge >= 0.3 is 5.97 Å². The van der Waals surface area contributed by atoms with E-state index in [2.05, 4.69) is 0 Å². The highest BCUT2D eigenvalue weighted by atomic mass is 16.4. The molecule has 0 bridgehead atoms. The van der Waals surface area contributed by atoms with Crippen LogP contribution in [0.1, 0.15) is 128 Å². The van der Waals surface area contributed by atoms with Crippen LogP contribution in [0.3, 0.4) is 0 Å². The van der Waals surface area contributed by atoms with Crippen LogP contribution in [-0.2, 0) is 9.59 Å². The molecule has 0 radical (unpaired) electrons. The highest BCUT2D eigenvalue weighted by Crippen LogP contribution is 2.14. The molecule has 27 heavy (non-hydrogen) atoms. The number of hydrogen-bond donors (Lipinski definition) is 2. The van der Waals surface area contributed by atoms with Crippen LogP contribution in [0.4, 0.5) is 0 Å². The van der Waals surface area contributed by atoms with E-state index in [1.165, 1.54) is 83.5 Å². The minimum absolute atomic E-state index is 0.328. The zero-order valence-corrected chi connectivity index (χ0v) is 17.7. The Kier molecular flexibility index (Phi) is 20.7. The number of carboxylic acids is 1. The summed E-state index contributed by atoms with van der Waals surface area (Å²) in [5.74, 6) is -0.279. The Balaban J connectivity index is 3.07. The fourth-order valence-electron chi connectivity index (χ4n) is 3.50. The normalized spacial score (nSPS) is 11.0. The maximum atomic E-state index is 11.5. The van der Waals surface area contributed by atoms with E-state index in [0.29, 0.717) is 25.2 Å². The number of ketones is 1. The summed E-state index contributed by atoms with van der Waals surface area (Å²) in [6.07, 6.45) is 22.6. The highest BCUT2D eigenvalue weighted by Gasteiger charge is 2.01. The first kappa shape index (κ1) is 26.1. The van der Waals surface area contributed by atoms with Crippen LogP contribution >= 0.6 is 0 Å². The van der Waals surface area contributed by atoms with Crippen molar-refractivity contribution >= 4 is 11.8 Å². The van der Waals surface area contributed by atoms with E-state index in [9.17, 15) is 9.59 Å². The van der Waals surface area contributed by atoms with Gasteiger partial charge in [-0.15, -0.1) is 0 Å². The lowest BCUT2D eigenvalue weighted by atomic mass is 10.0. The third-order valence-electron chi connectivity index (χ3n) is 5.26. The largest absolute Gasteiger partial charge is 0.481 e. The van der Waals surface area contributed by atoms with Gasteiger partial charge in [-0.25, -0.2) is 0 Å². The highest BCUT2D eigenvalue weighted by molar-refractivity contribution is 5.78. The molecule has 0 atom stereocenters. The minimum Gasteiger partial charge on any atom is -0.481 e. The van der Waals surface area contributed by atoms with E-state index in [0.717, 1.165) is 32.1 Å². The second-order valence-electron chi connectivity index (χ2n) is 7.98. The van der Waals surface area contributed by atoms with Gasteiger partial charge in [-0.2, -0.15) is 0 Å². The van der Waals surface area contributed by atoms with E-state index in [-0.39, 0.29) is 0 Å². The van der Waals surface area contributed by atoms with E-state index in [1.54, 1.807) is 0 Å². The second kappa shape index (κ2) is 21.4. The van der Waals surface area contributed by atoms with Crippen LogP contribution in [0.15, 0.2) is 0 Å². The Morgan fingerprint density at radius 3 is 1.11 bits per heavy atom. The number of Topliss-reactive ketones (excluding diaryl/α,β-unsaturated/α-hetero) is 1. The van der Waals surface area contributed by atoms with Crippen molar-refractivity contribution in [3.8, 4) is 0 Å². The van der Waals surface area contributed by atoms with Gasteiger partial charge in [0.2, 0.25) is 0 Å². The topological polar surface area (TPSA) is 80.4 Å². The fourth-order valence-corrected chi connectivity index (χ4v) is 3.50. The van der Waals surface area contributed by atoms with Crippen molar-refractivity contribution in [3.05, 3.63) is 0 Å². The van der Waals surface area contributed by atoms with Gasteiger partial charge < -0.3 is 10.8 Å². The Labute approximate surface area is 167 Å². The molecule has 0 aliphatic carbocycles. The predicted octanol–water partition coefficient (Wildman–Crippen LogP) is 6.40. The molecule has 0 rings (SSSR count). The van der Waals surface area contributed by atoms with E-state index in [4.69, 9.17) is 10.8 Å². The van der Waals surface area contributed by atoms with Crippen LogP contribution in [0, 0.1) is 0 Å². The fraction of sp³-hybridized carbons (Fsp3) is 0.913. The summed E-state index contributed by atoms with van der Waals surface area (Å²) in [7, 11) is 0. The number of rotatable bonds is 22. The third kappa shape index (κ3) is 23.1. The summed E-state index contributed by atoms with van der Waals surface area (Å²) in [5.41, 5.74) is 5.41. The molecule has 0 unspecified atom stereocenters. The lowest BCUT2D eigenvalue weighted by Crippen LogP contribution is -2.04. The minimum atomic E-state index is -0.666. The number of aliphatic carboxylic acids is 1. The number of unbranched alkanes of at least 4 members (excludes halogenated alkanes) is 15. The molecule has 0 spiro atoms. The lowest BCUT2D eigenvalue weighted by Gasteiger charge is -2.04. The molecule has 4 nitrogen and oxygen atoms in total. The standard InChI is InChI=1S/C23H45NO3/c24-21-17-19-22(25)18-15-13-11-9-7-5-3-1-2-4-6-8-10-12-14-16-20-23(26)27/h1-21,24H2,(H,26,27). The zero-order valence-electron chi connectivity index (χ0n) is 17.7. The first-order valence-corrected chi connectivity index (χ1v) is 11.6. The van der Waals surface area contributed by atoms with Crippen LogP contribution in [0.25, 0.3) is 0 Å². The smallest absolute Gasteiger partial charge is 0.303 e. The molecule has 0 amide bonds. The molecule has 0 saturated carbocycles. The number of carbonyl (C=O) groups is 2. The van der Waals surface area contributed by atoms with Crippen molar-refractivity contribution in [2.45, 2.75) is 128 Å².